The number of rotatable bonds is 8. The average molecular weight is 395 g/mol. The number of ether oxygens (including phenoxy) is 1. The van der Waals surface area contributed by atoms with Gasteiger partial charge in [-0.1, -0.05) is 48.5 Å². The number of aromatic amines is 1. The molecule has 8 heteroatoms. The van der Waals surface area contributed by atoms with E-state index in [0.717, 1.165) is 22.0 Å². The Morgan fingerprint density at radius 3 is 2.52 bits per heavy atom. The molecular formula is C21H21N3O5. The molecule has 3 rings (SSSR count). The van der Waals surface area contributed by atoms with Crippen LogP contribution in [0, 0.1) is 0 Å². The summed E-state index contributed by atoms with van der Waals surface area (Å²) < 4.78 is 5.19. The number of nitrogens with one attached hydrogen (secondary N) is 3. The second kappa shape index (κ2) is 9.41. The van der Waals surface area contributed by atoms with Crippen LogP contribution in [0.3, 0.4) is 0 Å². The number of carboxylic acid groups (broad SMARTS) is 1. The maximum absolute atomic E-state index is 12.5. The van der Waals surface area contributed by atoms with Crippen molar-refractivity contribution in [2.24, 2.45) is 0 Å². The van der Waals surface area contributed by atoms with Crippen LogP contribution < -0.4 is 10.6 Å². The van der Waals surface area contributed by atoms with Crippen LogP contribution in [0.5, 0.6) is 0 Å². The van der Waals surface area contributed by atoms with Crippen molar-refractivity contribution in [2.45, 2.75) is 19.1 Å². The summed E-state index contributed by atoms with van der Waals surface area (Å²) in [5.74, 6) is -1.77. The Hall–Kier alpha value is -3.81. The molecule has 0 spiro atoms. The first-order chi connectivity index (χ1) is 14.0. The van der Waals surface area contributed by atoms with Gasteiger partial charge in [0.05, 0.1) is 0 Å². The topological polar surface area (TPSA) is 121 Å². The zero-order valence-electron chi connectivity index (χ0n) is 15.6. The van der Waals surface area contributed by atoms with Crippen LogP contribution >= 0.6 is 0 Å². The molecule has 8 nitrogen and oxygen atoms in total. The van der Waals surface area contributed by atoms with E-state index in [-0.39, 0.29) is 13.0 Å². The summed E-state index contributed by atoms with van der Waals surface area (Å²) in [6, 6.07) is 15.7. The molecule has 3 aromatic rings. The van der Waals surface area contributed by atoms with E-state index in [1.165, 1.54) is 0 Å². The third-order valence-corrected chi connectivity index (χ3v) is 4.33. The molecule has 0 fully saturated rings. The lowest BCUT2D eigenvalue weighted by Gasteiger charge is -2.18. The molecule has 0 radical (unpaired) electrons. The normalized spacial score (nSPS) is 11.6. The van der Waals surface area contributed by atoms with Gasteiger partial charge in [-0.25, -0.2) is 4.79 Å². The van der Waals surface area contributed by atoms with E-state index in [1.807, 2.05) is 54.6 Å². The Morgan fingerprint density at radius 2 is 1.76 bits per heavy atom. The van der Waals surface area contributed by atoms with Gasteiger partial charge < -0.3 is 25.5 Å². The largest absolute Gasteiger partial charge is 0.480 e. The number of carbonyl (C=O) groups excluding carboxylic acids is 2. The van der Waals surface area contributed by atoms with E-state index < -0.39 is 30.6 Å². The van der Waals surface area contributed by atoms with Gasteiger partial charge in [-0.3, -0.25) is 9.59 Å². The Bertz CT molecular complexity index is 1000. The highest BCUT2D eigenvalue weighted by molar-refractivity contribution is 5.89. The van der Waals surface area contributed by atoms with Gasteiger partial charge in [-0.2, -0.15) is 0 Å². The second-order valence-electron chi connectivity index (χ2n) is 6.43. The summed E-state index contributed by atoms with van der Waals surface area (Å²) in [7, 11) is 0. The van der Waals surface area contributed by atoms with Crippen LogP contribution in [0.25, 0.3) is 10.9 Å². The molecule has 1 unspecified atom stereocenters. The summed E-state index contributed by atoms with van der Waals surface area (Å²) in [6.45, 7) is -0.479. The van der Waals surface area contributed by atoms with Gasteiger partial charge in [0.25, 0.3) is 0 Å². The number of H-pyrrole nitrogens is 1. The number of aromatic nitrogens is 1. The summed E-state index contributed by atoms with van der Waals surface area (Å²) in [4.78, 5) is 38.6. The first-order valence-electron chi connectivity index (χ1n) is 9.04. The number of fused-ring (bicyclic) bond motifs is 1. The number of hydrogen-bond donors (Lipinski definition) is 4. The van der Waals surface area contributed by atoms with E-state index in [0.29, 0.717) is 0 Å². The molecule has 1 aromatic heterocycles. The van der Waals surface area contributed by atoms with Crippen LogP contribution in [0.4, 0.5) is 4.79 Å². The predicted molar refractivity (Wildman–Crippen MR) is 106 cm³/mol. The first kappa shape index (κ1) is 19.9. The molecule has 29 heavy (non-hydrogen) atoms. The summed E-state index contributed by atoms with van der Waals surface area (Å²) >= 11 is 0. The van der Waals surface area contributed by atoms with Gasteiger partial charge in [-0.15, -0.1) is 0 Å². The van der Waals surface area contributed by atoms with Crippen molar-refractivity contribution in [1.29, 1.82) is 0 Å². The van der Waals surface area contributed by atoms with Crippen LogP contribution in [-0.4, -0.2) is 40.6 Å². The fraction of sp³-hybridized carbons (Fsp3) is 0.190. The molecule has 0 saturated carbocycles. The molecule has 2 aromatic carbocycles. The number of amides is 2. The molecule has 1 atom stereocenters. The summed E-state index contributed by atoms with van der Waals surface area (Å²) in [5, 5.41) is 14.6. The Balaban J connectivity index is 1.69. The number of alkyl carbamates (subject to hydrolysis) is 1. The average Bonchev–Trinajstić information content (AvgIpc) is 3.13. The Kier molecular flexibility index (Phi) is 6.47. The number of aliphatic carboxylic acids is 1. The molecule has 0 bridgehead atoms. The van der Waals surface area contributed by atoms with Crippen molar-refractivity contribution in [1.82, 2.24) is 15.6 Å². The van der Waals surface area contributed by atoms with Crippen LogP contribution in [0.2, 0.25) is 0 Å². The highest BCUT2D eigenvalue weighted by Crippen LogP contribution is 2.19. The van der Waals surface area contributed by atoms with Gasteiger partial charge in [0.2, 0.25) is 5.91 Å². The van der Waals surface area contributed by atoms with Gasteiger partial charge in [-0.05, 0) is 17.2 Å². The smallest absolute Gasteiger partial charge is 0.408 e. The van der Waals surface area contributed by atoms with Crippen LogP contribution in [0.1, 0.15) is 11.1 Å². The van der Waals surface area contributed by atoms with Crippen molar-refractivity contribution in [3.05, 3.63) is 71.9 Å². The maximum Gasteiger partial charge on any atom is 0.408 e. The number of hydrogen-bond acceptors (Lipinski definition) is 4. The van der Waals surface area contributed by atoms with E-state index in [2.05, 4.69) is 15.6 Å². The monoisotopic (exact) mass is 395 g/mol. The van der Waals surface area contributed by atoms with Gasteiger partial charge in [0, 0.05) is 23.5 Å². The number of benzene rings is 2. The molecule has 150 valence electrons. The fourth-order valence-corrected chi connectivity index (χ4v) is 2.92. The van der Waals surface area contributed by atoms with Crippen molar-refractivity contribution < 1.29 is 24.2 Å². The minimum Gasteiger partial charge on any atom is -0.480 e. The number of carbonyl (C=O) groups is 3. The van der Waals surface area contributed by atoms with Crippen molar-refractivity contribution in [3.63, 3.8) is 0 Å². The van der Waals surface area contributed by atoms with Crippen molar-refractivity contribution in [2.75, 3.05) is 6.54 Å². The zero-order chi connectivity index (χ0) is 20.6. The highest BCUT2D eigenvalue weighted by Gasteiger charge is 2.23. The summed E-state index contributed by atoms with van der Waals surface area (Å²) in [5.41, 5.74) is 2.53. The number of carboxylic acids is 1. The molecule has 0 aliphatic rings. The molecule has 1 heterocycles. The summed E-state index contributed by atoms with van der Waals surface area (Å²) in [6.07, 6.45) is 1.18. The maximum atomic E-state index is 12.5. The van der Waals surface area contributed by atoms with Crippen LogP contribution in [-0.2, 0) is 27.4 Å². The van der Waals surface area contributed by atoms with E-state index in [9.17, 15) is 14.4 Å². The van der Waals surface area contributed by atoms with E-state index >= 15 is 0 Å². The Labute approximate surface area is 166 Å². The standard InChI is InChI=1S/C21H21N3O5/c25-19(26)12-23-20(27)18(10-15-11-22-17-9-5-4-8-16(15)17)24-21(28)29-13-14-6-2-1-3-7-14/h1-9,11,18,22H,10,12-13H2,(H,23,27)(H,24,28)(H,25,26). The minimum absolute atomic E-state index is 0.0588. The first-order valence-corrected chi connectivity index (χ1v) is 9.04. The van der Waals surface area contributed by atoms with Crippen LogP contribution in [0.15, 0.2) is 60.8 Å². The third kappa shape index (κ3) is 5.58. The molecule has 0 saturated heterocycles. The number of para-hydroxylation sites is 1. The van der Waals surface area contributed by atoms with E-state index in [4.69, 9.17) is 9.84 Å². The molecule has 0 aliphatic heterocycles. The molecule has 4 N–H and O–H groups in total. The predicted octanol–water partition coefficient (Wildman–Crippen LogP) is 2.21. The minimum atomic E-state index is -1.17. The molecule has 0 aliphatic carbocycles. The molecule has 2 amide bonds. The Morgan fingerprint density at radius 1 is 1.03 bits per heavy atom. The molecular weight excluding hydrogens is 374 g/mol. The lowest BCUT2D eigenvalue weighted by Crippen LogP contribution is -2.49. The van der Waals surface area contributed by atoms with Crippen molar-refractivity contribution in [3.8, 4) is 0 Å². The van der Waals surface area contributed by atoms with Gasteiger partial charge >= 0.3 is 12.1 Å². The zero-order valence-corrected chi connectivity index (χ0v) is 15.6. The quantitative estimate of drug-likeness (QED) is 0.466. The third-order valence-electron chi connectivity index (χ3n) is 4.33. The van der Waals surface area contributed by atoms with Gasteiger partial charge in [0.1, 0.15) is 19.2 Å². The van der Waals surface area contributed by atoms with Gasteiger partial charge in [0.15, 0.2) is 0 Å². The fourth-order valence-electron chi connectivity index (χ4n) is 2.92. The lowest BCUT2D eigenvalue weighted by molar-refractivity contribution is -0.138. The second-order valence-corrected chi connectivity index (χ2v) is 6.43. The van der Waals surface area contributed by atoms with Crippen molar-refractivity contribution >= 4 is 28.9 Å². The van der Waals surface area contributed by atoms with E-state index in [1.54, 1.807) is 6.20 Å². The lowest BCUT2D eigenvalue weighted by atomic mass is 10.0. The highest BCUT2D eigenvalue weighted by atomic mass is 16.5. The SMILES string of the molecule is O=C(O)CNC(=O)C(Cc1c[nH]c2ccccc12)NC(=O)OCc1ccccc1.